The molecule has 0 heterocycles. The predicted molar refractivity (Wildman–Crippen MR) is 136 cm³/mol. The lowest BCUT2D eigenvalue weighted by atomic mass is 10.1. The molecular formula is C24H32ClN5O5. The normalized spacial score (nSPS) is 11.3. The van der Waals surface area contributed by atoms with Crippen molar-refractivity contribution in [2.45, 2.75) is 26.2 Å². The van der Waals surface area contributed by atoms with Gasteiger partial charge in [0.2, 0.25) is 0 Å². The third-order valence-electron chi connectivity index (χ3n) is 5.39. The molecule has 0 bridgehead atoms. The van der Waals surface area contributed by atoms with Gasteiger partial charge in [0, 0.05) is 43.9 Å². The van der Waals surface area contributed by atoms with E-state index in [2.05, 4.69) is 10.2 Å². The Morgan fingerprint density at radius 2 is 1.71 bits per heavy atom. The summed E-state index contributed by atoms with van der Waals surface area (Å²) in [4.78, 5) is 26.7. The van der Waals surface area contributed by atoms with Gasteiger partial charge in [0.15, 0.2) is 5.78 Å². The number of Topliss-reactive ketones (excluding diaryl/α,β-unsaturated/α-hetero) is 1. The van der Waals surface area contributed by atoms with Crippen LogP contribution in [-0.2, 0) is 4.79 Å². The fourth-order valence-electron chi connectivity index (χ4n) is 3.49. The number of aliphatic hydroxyl groups excluding tert-OH is 2. The van der Waals surface area contributed by atoms with Crippen molar-refractivity contribution >= 4 is 40.1 Å². The third-order valence-corrected chi connectivity index (χ3v) is 5.69. The maximum atomic E-state index is 12.5. The minimum absolute atomic E-state index is 0.0509. The molecule has 10 nitrogen and oxygen atoms in total. The van der Waals surface area contributed by atoms with E-state index in [1.54, 1.807) is 12.1 Å². The van der Waals surface area contributed by atoms with Crippen molar-refractivity contribution in [1.29, 1.82) is 0 Å². The molecule has 2 aromatic rings. The molecule has 2 aromatic carbocycles. The number of nitro groups is 1. The number of carbonyl (C=O) groups excluding carboxylic acids is 1. The van der Waals surface area contributed by atoms with Crippen LogP contribution in [0.1, 0.15) is 26.2 Å². The highest BCUT2D eigenvalue weighted by Crippen LogP contribution is 2.30. The highest BCUT2D eigenvalue weighted by Gasteiger charge is 2.12. The van der Waals surface area contributed by atoms with Crippen LogP contribution in [0.2, 0.25) is 5.02 Å². The minimum Gasteiger partial charge on any atom is -0.395 e. The lowest BCUT2D eigenvalue weighted by Crippen LogP contribution is -2.31. The van der Waals surface area contributed by atoms with Gasteiger partial charge in [-0.2, -0.15) is 5.11 Å². The highest BCUT2D eigenvalue weighted by molar-refractivity contribution is 6.33. The summed E-state index contributed by atoms with van der Waals surface area (Å²) in [6.45, 7) is 4.86. The smallest absolute Gasteiger partial charge is 0.271 e. The molecule has 0 aromatic heterocycles. The molecular weight excluding hydrogens is 474 g/mol. The van der Waals surface area contributed by atoms with Gasteiger partial charge in [-0.05, 0) is 56.6 Å². The number of azo groups is 1. The number of likely N-dealkylation sites (N-methyl/N-ethyl adjacent to an activating group) is 1. The van der Waals surface area contributed by atoms with Crippen LogP contribution in [0.3, 0.4) is 0 Å². The van der Waals surface area contributed by atoms with Gasteiger partial charge >= 0.3 is 0 Å². The van der Waals surface area contributed by atoms with Crippen molar-refractivity contribution in [2.75, 3.05) is 50.8 Å². The number of carbonyl (C=O) groups is 1. The SMILES string of the molecule is CCN(CC(=O)CCCCN(CCO)CCO)c1ccc(N=Nc2ccc([N+](=O)[O-])cc2Cl)cc1. The van der Waals surface area contributed by atoms with Crippen LogP contribution in [-0.4, -0.2) is 71.8 Å². The zero-order valence-electron chi connectivity index (χ0n) is 19.8. The maximum Gasteiger partial charge on any atom is 0.271 e. The molecule has 2 rings (SSSR count). The van der Waals surface area contributed by atoms with Crippen molar-refractivity contribution in [2.24, 2.45) is 10.2 Å². The standard InChI is InChI=1S/C24H32ClN5O5/c1-2-29(18-22(33)5-3-4-12-28(13-15-31)14-16-32)20-8-6-19(7-9-20)26-27-24-11-10-21(30(34)35)17-23(24)25/h6-11,17,31-32H,2-5,12-16,18H2,1H3. The summed E-state index contributed by atoms with van der Waals surface area (Å²) in [5.41, 5.74) is 1.70. The second-order valence-electron chi connectivity index (χ2n) is 7.91. The van der Waals surface area contributed by atoms with Crippen molar-refractivity contribution < 1.29 is 19.9 Å². The van der Waals surface area contributed by atoms with Crippen molar-refractivity contribution in [3.63, 3.8) is 0 Å². The van der Waals surface area contributed by atoms with Crippen LogP contribution >= 0.6 is 11.6 Å². The van der Waals surface area contributed by atoms with E-state index < -0.39 is 4.92 Å². The Morgan fingerprint density at radius 1 is 1.03 bits per heavy atom. The molecule has 0 aliphatic carbocycles. The summed E-state index contributed by atoms with van der Waals surface area (Å²) in [6, 6.07) is 11.3. The van der Waals surface area contributed by atoms with Gasteiger partial charge in [0.1, 0.15) is 5.69 Å². The zero-order valence-corrected chi connectivity index (χ0v) is 20.6. The summed E-state index contributed by atoms with van der Waals surface area (Å²) in [6.07, 6.45) is 2.06. The summed E-state index contributed by atoms with van der Waals surface area (Å²) < 4.78 is 0. The average Bonchev–Trinajstić information content (AvgIpc) is 2.85. The number of anilines is 1. The summed E-state index contributed by atoms with van der Waals surface area (Å²) in [5.74, 6) is 0.152. The topological polar surface area (TPSA) is 132 Å². The number of aliphatic hydroxyl groups is 2. The number of unbranched alkanes of at least 4 members (excludes halogenated alkanes) is 1. The Bertz CT molecular complexity index is 981. The first-order chi connectivity index (χ1) is 16.9. The maximum absolute atomic E-state index is 12.5. The number of rotatable bonds is 16. The molecule has 0 amide bonds. The summed E-state index contributed by atoms with van der Waals surface area (Å²) in [5, 5.41) is 37.3. The van der Waals surface area contributed by atoms with E-state index in [-0.39, 0.29) is 29.7 Å². The lowest BCUT2D eigenvalue weighted by molar-refractivity contribution is -0.384. The number of benzene rings is 2. The molecule has 35 heavy (non-hydrogen) atoms. The Kier molecular flexibility index (Phi) is 12.3. The minimum atomic E-state index is -0.526. The van der Waals surface area contributed by atoms with Crippen LogP contribution in [0, 0.1) is 10.1 Å². The predicted octanol–water partition coefficient (Wildman–Crippen LogP) is 4.52. The number of nitrogens with zero attached hydrogens (tertiary/aromatic N) is 5. The van der Waals surface area contributed by atoms with Crippen LogP contribution in [0.5, 0.6) is 0 Å². The van der Waals surface area contributed by atoms with Gasteiger partial charge in [-0.1, -0.05) is 11.6 Å². The van der Waals surface area contributed by atoms with E-state index >= 15 is 0 Å². The highest BCUT2D eigenvalue weighted by atomic mass is 35.5. The van der Waals surface area contributed by atoms with Crippen molar-refractivity contribution in [3.05, 3.63) is 57.6 Å². The quantitative estimate of drug-likeness (QED) is 0.148. The first kappa shape index (κ1) is 28.3. The number of hydrogen-bond acceptors (Lipinski definition) is 9. The van der Waals surface area contributed by atoms with Gasteiger partial charge in [-0.25, -0.2) is 0 Å². The van der Waals surface area contributed by atoms with Crippen LogP contribution in [0.25, 0.3) is 0 Å². The van der Waals surface area contributed by atoms with Gasteiger partial charge in [0.05, 0.1) is 35.4 Å². The third kappa shape index (κ3) is 9.69. The number of nitro benzene ring substituents is 1. The van der Waals surface area contributed by atoms with Crippen molar-refractivity contribution in [1.82, 2.24) is 4.90 Å². The van der Waals surface area contributed by atoms with Crippen LogP contribution in [0.15, 0.2) is 52.7 Å². The Morgan fingerprint density at radius 3 is 2.29 bits per heavy atom. The molecule has 190 valence electrons. The van der Waals surface area contributed by atoms with Gasteiger partial charge < -0.3 is 15.1 Å². The summed E-state index contributed by atoms with van der Waals surface area (Å²) >= 11 is 6.04. The molecule has 0 aliphatic heterocycles. The van der Waals surface area contributed by atoms with E-state index in [0.29, 0.717) is 44.0 Å². The lowest BCUT2D eigenvalue weighted by Gasteiger charge is -2.22. The zero-order chi connectivity index (χ0) is 25.6. The Balaban J connectivity index is 1.87. The molecule has 2 N–H and O–H groups in total. The molecule has 0 atom stereocenters. The molecule has 0 fully saturated rings. The fourth-order valence-corrected chi connectivity index (χ4v) is 3.70. The van der Waals surface area contributed by atoms with E-state index in [1.807, 2.05) is 28.9 Å². The van der Waals surface area contributed by atoms with E-state index in [1.165, 1.54) is 18.2 Å². The van der Waals surface area contributed by atoms with E-state index in [0.717, 1.165) is 25.1 Å². The van der Waals surface area contributed by atoms with Gasteiger partial charge in [0.25, 0.3) is 5.69 Å². The molecule has 0 saturated carbocycles. The molecule has 0 unspecified atom stereocenters. The average molecular weight is 506 g/mol. The van der Waals surface area contributed by atoms with Crippen molar-refractivity contribution in [3.8, 4) is 0 Å². The molecule has 0 saturated heterocycles. The van der Waals surface area contributed by atoms with E-state index in [9.17, 15) is 14.9 Å². The van der Waals surface area contributed by atoms with Gasteiger partial charge in [-0.3, -0.25) is 19.8 Å². The Hall–Kier alpha value is -2.92. The molecule has 11 heteroatoms. The number of ketones is 1. The molecule has 0 aliphatic rings. The van der Waals surface area contributed by atoms with Crippen LogP contribution in [0.4, 0.5) is 22.7 Å². The van der Waals surface area contributed by atoms with Crippen LogP contribution < -0.4 is 4.90 Å². The largest absolute Gasteiger partial charge is 0.395 e. The fraction of sp³-hybridized carbons (Fsp3) is 0.458. The first-order valence-corrected chi connectivity index (χ1v) is 11.9. The van der Waals surface area contributed by atoms with Gasteiger partial charge in [-0.15, -0.1) is 5.11 Å². The monoisotopic (exact) mass is 505 g/mol. The van der Waals surface area contributed by atoms with E-state index in [4.69, 9.17) is 21.8 Å². The molecule has 0 radical (unpaired) electrons. The summed E-state index contributed by atoms with van der Waals surface area (Å²) in [7, 11) is 0. The second kappa shape index (κ2) is 15.2. The molecule has 0 spiro atoms. The Labute approximate surface area is 210 Å². The first-order valence-electron chi connectivity index (χ1n) is 11.5. The number of hydrogen-bond donors (Lipinski definition) is 2. The number of halogens is 1. The number of non-ortho nitro benzene ring substituents is 1. The second-order valence-corrected chi connectivity index (χ2v) is 8.32.